The molecule has 0 saturated carbocycles. The van der Waals surface area contributed by atoms with Gasteiger partial charge >= 0.3 is 0 Å². The molecule has 0 aliphatic carbocycles. The molecule has 0 radical (unpaired) electrons. The average Bonchev–Trinajstić information content (AvgIpc) is 2.72. The molecule has 0 saturated heterocycles. The summed E-state index contributed by atoms with van der Waals surface area (Å²) in [6, 6.07) is 6.20. The zero-order valence-electron chi connectivity index (χ0n) is 16.4. The fraction of sp³-hybridized carbons (Fsp3) is 0.136. The van der Waals surface area contributed by atoms with E-state index in [2.05, 4.69) is 16.9 Å². The maximum Gasteiger partial charge on any atom is 0.253 e. The topological polar surface area (TPSA) is 73.2 Å². The van der Waals surface area contributed by atoms with Crippen LogP contribution >= 0.6 is 0 Å². The lowest BCUT2D eigenvalue weighted by atomic mass is 10.1. The molecule has 0 atom stereocenters. The third kappa shape index (κ3) is 4.43. The number of rotatable bonds is 6. The molecule has 0 aliphatic heterocycles. The van der Waals surface area contributed by atoms with Crippen molar-refractivity contribution in [2.45, 2.75) is 13.3 Å². The smallest absolute Gasteiger partial charge is 0.253 e. The van der Waals surface area contributed by atoms with Crippen LogP contribution in [0.25, 0.3) is 11.1 Å². The Kier molecular flexibility index (Phi) is 6.06. The van der Waals surface area contributed by atoms with Crippen molar-refractivity contribution < 1.29 is 18.3 Å². The number of anilines is 1. The summed E-state index contributed by atoms with van der Waals surface area (Å²) >= 11 is 0. The largest absolute Gasteiger partial charge is 0.435 e. The van der Waals surface area contributed by atoms with Gasteiger partial charge in [0.2, 0.25) is 11.8 Å². The number of hydrogen-bond acceptors (Lipinski definition) is 4. The Balaban J connectivity index is 2.15. The van der Waals surface area contributed by atoms with Gasteiger partial charge in [0, 0.05) is 36.0 Å². The molecule has 154 valence electrons. The number of pyridine rings is 2. The van der Waals surface area contributed by atoms with Crippen LogP contribution in [0, 0.1) is 11.6 Å². The molecule has 1 N–H and O–H groups in total. The number of hydrogen-bond donors (Lipinski definition) is 1. The molecule has 8 heteroatoms. The van der Waals surface area contributed by atoms with Gasteiger partial charge in [0.15, 0.2) is 11.6 Å². The van der Waals surface area contributed by atoms with Crippen LogP contribution in [-0.2, 0) is 18.3 Å². The second-order valence-corrected chi connectivity index (χ2v) is 6.47. The number of nitrogens with zero attached hydrogens (tertiary/aromatic N) is 2. The van der Waals surface area contributed by atoms with Gasteiger partial charge in [0.05, 0.1) is 11.9 Å². The van der Waals surface area contributed by atoms with Crippen LogP contribution in [0.5, 0.6) is 11.6 Å². The molecule has 0 aliphatic rings. The summed E-state index contributed by atoms with van der Waals surface area (Å²) < 4.78 is 34.3. The van der Waals surface area contributed by atoms with Crippen molar-refractivity contribution >= 4 is 11.6 Å². The Morgan fingerprint density at radius 3 is 2.73 bits per heavy atom. The summed E-state index contributed by atoms with van der Waals surface area (Å²) in [5.41, 5.74) is 1.76. The summed E-state index contributed by atoms with van der Waals surface area (Å²) in [5.74, 6) is -2.25. The lowest BCUT2D eigenvalue weighted by molar-refractivity contribution is -0.111. The number of amides is 1. The molecule has 3 aromatic rings. The molecule has 0 fully saturated rings. The van der Waals surface area contributed by atoms with Crippen molar-refractivity contribution in [1.29, 1.82) is 0 Å². The first-order valence-electron chi connectivity index (χ1n) is 9.08. The number of nitrogens with one attached hydrogen (secondary N) is 1. The Morgan fingerprint density at radius 2 is 2.07 bits per heavy atom. The van der Waals surface area contributed by atoms with Crippen molar-refractivity contribution in [2.24, 2.45) is 7.05 Å². The molecule has 30 heavy (non-hydrogen) atoms. The Hall–Kier alpha value is -3.81. The summed E-state index contributed by atoms with van der Waals surface area (Å²) in [6.07, 6.45) is 4.54. The van der Waals surface area contributed by atoms with Crippen LogP contribution in [0.2, 0.25) is 0 Å². The molecule has 0 spiro atoms. The molecule has 2 aromatic heterocycles. The minimum atomic E-state index is -0.888. The fourth-order valence-corrected chi connectivity index (χ4v) is 2.85. The number of benzene rings is 1. The monoisotopic (exact) mass is 411 g/mol. The first-order valence-corrected chi connectivity index (χ1v) is 9.08. The maximum absolute atomic E-state index is 14.1. The number of ether oxygens (including phenoxy) is 1. The third-order valence-electron chi connectivity index (χ3n) is 4.35. The van der Waals surface area contributed by atoms with Gasteiger partial charge < -0.3 is 14.6 Å². The first-order chi connectivity index (χ1) is 14.3. The van der Waals surface area contributed by atoms with Crippen molar-refractivity contribution in [1.82, 2.24) is 9.55 Å². The molecule has 1 aromatic carbocycles. The SMILES string of the molecule is C=CC(=O)Nc1cnc(Oc2ccc(F)cc2F)c(-c2cc(CC)c(=O)n(C)c2)c1. The zero-order chi connectivity index (χ0) is 21.8. The fourth-order valence-electron chi connectivity index (χ4n) is 2.85. The Labute approximate surface area is 171 Å². The van der Waals surface area contributed by atoms with Crippen molar-refractivity contribution in [3.05, 3.63) is 82.9 Å². The van der Waals surface area contributed by atoms with Gasteiger partial charge in [-0.05, 0) is 36.8 Å². The van der Waals surface area contributed by atoms with E-state index in [1.807, 2.05) is 6.92 Å². The lowest BCUT2D eigenvalue weighted by Gasteiger charge is -2.14. The minimum absolute atomic E-state index is 0.0258. The zero-order valence-corrected chi connectivity index (χ0v) is 16.4. The van der Waals surface area contributed by atoms with Gasteiger partial charge in [-0.3, -0.25) is 9.59 Å². The van der Waals surface area contributed by atoms with Crippen LogP contribution in [0.1, 0.15) is 12.5 Å². The summed E-state index contributed by atoms with van der Waals surface area (Å²) in [4.78, 5) is 28.1. The molecular weight excluding hydrogens is 392 g/mol. The Bertz CT molecular complexity index is 1190. The normalized spacial score (nSPS) is 10.5. The van der Waals surface area contributed by atoms with E-state index in [-0.39, 0.29) is 17.2 Å². The summed E-state index contributed by atoms with van der Waals surface area (Å²) in [6.45, 7) is 5.26. The average molecular weight is 411 g/mol. The van der Waals surface area contributed by atoms with Gasteiger partial charge in [0.25, 0.3) is 5.56 Å². The van der Waals surface area contributed by atoms with Crippen LogP contribution in [0.15, 0.2) is 60.2 Å². The predicted molar refractivity (Wildman–Crippen MR) is 110 cm³/mol. The number of aryl methyl sites for hydroxylation is 2. The highest BCUT2D eigenvalue weighted by Gasteiger charge is 2.16. The summed E-state index contributed by atoms with van der Waals surface area (Å²) in [5, 5.41) is 2.60. The molecule has 0 unspecified atom stereocenters. The molecule has 2 heterocycles. The second-order valence-electron chi connectivity index (χ2n) is 6.47. The number of carbonyl (C=O) groups excluding carboxylic acids is 1. The molecular formula is C22H19F2N3O3. The van der Waals surface area contributed by atoms with Crippen molar-refractivity contribution in [3.63, 3.8) is 0 Å². The number of carbonyl (C=O) groups is 1. The van der Waals surface area contributed by atoms with Crippen LogP contribution in [0.4, 0.5) is 14.5 Å². The molecule has 3 rings (SSSR count). The first kappa shape index (κ1) is 20.9. The highest BCUT2D eigenvalue weighted by Crippen LogP contribution is 2.34. The van der Waals surface area contributed by atoms with E-state index < -0.39 is 17.5 Å². The van der Waals surface area contributed by atoms with E-state index in [1.54, 1.807) is 25.4 Å². The molecule has 1 amide bonds. The van der Waals surface area contributed by atoms with Gasteiger partial charge in [0.1, 0.15) is 5.82 Å². The highest BCUT2D eigenvalue weighted by molar-refractivity contribution is 5.99. The van der Waals surface area contributed by atoms with Crippen molar-refractivity contribution in [3.8, 4) is 22.8 Å². The van der Waals surface area contributed by atoms with E-state index in [0.717, 1.165) is 18.2 Å². The maximum atomic E-state index is 14.1. The number of aromatic nitrogens is 2. The second kappa shape index (κ2) is 8.69. The van der Waals surface area contributed by atoms with Gasteiger partial charge in [-0.1, -0.05) is 13.5 Å². The number of halogens is 2. The molecule has 0 bridgehead atoms. The van der Waals surface area contributed by atoms with Crippen LogP contribution < -0.4 is 15.6 Å². The summed E-state index contributed by atoms with van der Waals surface area (Å²) in [7, 11) is 1.61. The lowest BCUT2D eigenvalue weighted by Crippen LogP contribution is -2.20. The highest BCUT2D eigenvalue weighted by atomic mass is 19.1. The standard InChI is InChI=1S/C22H19F2N3O3/c1-4-13-8-14(12-27(3)22(13)29)17-10-16(26-20(28)5-2)11-25-21(17)30-19-7-6-15(23)9-18(19)24/h5-12H,2,4H2,1,3H3,(H,26,28). The van der Waals surface area contributed by atoms with E-state index in [4.69, 9.17) is 4.74 Å². The van der Waals surface area contributed by atoms with Crippen molar-refractivity contribution in [2.75, 3.05) is 5.32 Å². The third-order valence-corrected chi connectivity index (χ3v) is 4.35. The van der Waals surface area contributed by atoms with E-state index in [9.17, 15) is 18.4 Å². The van der Waals surface area contributed by atoms with E-state index in [1.165, 1.54) is 10.8 Å². The van der Waals surface area contributed by atoms with E-state index >= 15 is 0 Å². The predicted octanol–water partition coefficient (Wildman–Crippen LogP) is 4.20. The van der Waals surface area contributed by atoms with Crippen LogP contribution in [-0.4, -0.2) is 15.5 Å². The van der Waals surface area contributed by atoms with E-state index in [0.29, 0.717) is 34.9 Å². The minimum Gasteiger partial charge on any atom is -0.435 e. The Morgan fingerprint density at radius 1 is 1.30 bits per heavy atom. The van der Waals surface area contributed by atoms with Crippen LogP contribution in [0.3, 0.4) is 0 Å². The van der Waals surface area contributed by atoms with Gasteiger partial charge in [-0.15, -0.1) is 0 Å². The molecule has 6 nitrogen and oxygen atoms in total. The quantitative estimate of drug-likeness (QED) is 0.617. The van der Waals surface area contributed by atoms with Gasteiger partial charge in [-0.25, -0.2) is 13.8 Å². The van der Waals surface area contributed by atoms with Gasteiger partial charge in [-0.2, -0.15) is 0 Å².